The molecule has 120 valence electrons. The van der Waals surface area contributed by atoms with Crippen molar-refractivity contribution in [3.8, 4) is 0 Å². The topological polar surface area (TPSA) is 85.2 Å². The molecule has 1 aromatic heterocycles. The van der Waals surface area contributed by atoms with Crippen molar-refractivity contribution in [3.63, 3.8) is 0 Å². The Morgan fingerprint density at radius 1 is 1.45 bits per heavy atom. The van der Waals surface area contributed by atoms with Crippen LogP contribution in [0, 0.1) is 5.92 Å². The van der Waals surface area contributed by atoms with Gasteiger partial charge in [0.15, 0.2) is 5.69 Å². The third-order valence-electron chi connectivity index (χ3n) is 4.19. The lowest BCUT2D eigenvalue weighted by Gasteiger charge is -2.15. The van der Waals surface area contributed by atoms with E-state index in [1.54, 1.807) is 0 Å². The number of amides is 1. The number of ether oxygens (including phenoxy) is 1. The number of methoxy groups -OCH3 is 1. The number of esters is 1. The average molecular weight is 306 g/mol. The summed E-state index contributed by atoms with van der Waals surface area (Å²) in [5, 5.41) is 10.6. The van der Waals surface area contributed by atoms with Crippen LogP contribution in [0.2, 0.25) is 0 Å². The van der Waals surface area contributed by atoms with Gasteiger partial charge >= 0.3 is 5.97 Å². The second-order valence-electron chi connectivity index (χ2n) is 5.91. The van der Waals surface area contributed by atoms with Crippen LogP contribution in [0.25, 0.3) is 0 Å². The zero-order valence-corrected chi connectivity index (χ0v) is 12.9. The van der Waals surface area contributed by atoms with Gasteiger partial charge in [-0.25, -0.2) is 0 Å². The van der Waals surface area contributed by atoms with E-state index in [-0.39, 0.29) is 24.8 Å². The smallest absolute Gasteiger partial charge is 0.307 e. The second-order valence-corrected chi connectivity index (χ2v) is 5.91. The number of carbonyl (C=O) groups excluding carboxylic acids is 2. The number of aromatic nitrogens is 2. The predicted molar refractivity (Wildman–Crippen MR) is 79.3 cm³/mol. The van der Waals surface area contributed by atoms with E-state index in [9.17, 15) is 9.59 Å². The van der Waals surface area contributed by atoms with Crippen LogP contribution in [0.5, 0.6) is 0 Å². The molecule has 1 aliphatic heterocycles. The van der Waals surface area contributed by atoms with Gasteiger partial charge in [-0.05, 0) is 18.8 Å². The van der Waals surface area contributed by atoms with Crippen LogP contribution in [0.3, 0.4) is 0 Å². The Morgan fingerprint density at radius 3 is 3.00 bits per heavy atom. The highest BCUT2D eigenvalue weighted by Crippen LogP contribution is 2.32. The van der Waals surface area contributed by atoms with Gasteiger partial charge in [0, 0.05) is 43.9 Å². The first-order valence-electron chi connectivity index (χ1n) is 7.83. The fourth-order valence-corrected chi connectivity index (χ4v) is 2.76. The molecule has 0 bridgehead atoms. The Bertz CT molecular complexity index is 578. The number of hydrogen-bond donors (Lipinski definition) is 2. The monoisotopic (exact) mass is 306 g/mol. The number of fused-ring (bicyclic) bond motifs is 1. The van der Waals surface area contributed by atoms with Crippen molar-refractivity contribution in [2.45, 2.75) is 38.8 Å². The lowest BCUT2D eigenvalue weighted by molar-refractivity contribution is -0.140. The van der Waals surface area contributed by atoms with Crippen molar-refractivity contribution in [3.05, 3.63) is 17.0 Å². The zero-order valence-electron chi connectivity index (χ0n) is 12.9. The summed E-state index contributed by atoms with van der Waals surface area (Å²) in [4.78, 5) is 23.4. The van der Waals surface area contributed by atoms with Gasteiger partial charge in [-0.15, -0.1) is 0 Å². The number of rotatable bonds is 6. The maximum atomic E-state index is 12.3. The van der Waals surface area contributed by atoms with Crippen LogP contribution >= 0.6 is 0 Å². The van der Waals surface area contributed by atoms with Crippen molar-refractivity contribution in [1.29, 1.82) is 0 Å². The maximum Gasteiger partial charge on any atom is 0.307 e. The zero-order chi connectivity index (χ0) is 15.5. The maximum absolute atomic E-state index is 12.3. The van der Waals surface area contributed by atoms with Crippen molar-refractivity contribution in [2.75, 3.05) is 20.2 Å². The summed E-state index contributed by atoms with van der Waals surface area (Å²) in [7, 11) is 1.34. The largest absolute Gasteiger partial charge is 0.469 e. The van der Waals surface area contributed by atoms with Gasteiger partial charge in [-0.2, -0.15) is 5.10 Å². The first-order chi connectivity index (χ1) is 10.7. The molecule has 1 aromatic rings. The average Bonchev–Trinajstić information content (AvgIpc) is 3.27. The van der Waals surface area contributed by atoms with E-state index in [4.69, 9.17) is 0 Å². The van der Waals surface area contributed by atoms with E-state index in [2.05, 4.69) is 20.5 Å². The van der Waals surface area contributed by atoms with E-state index in [0.29, 0.717) is 18.2 Å². The summed E-state index contributed by atoms with van der Waals surface area (Å²) in [6, 6.07) is 0. The predicted octanol–water partition coefficient (Wildman–Crippen LogP) is 0.232. The molecule has 0 unspecified atom stereocenters. The lowest BCUT2D eigenvalue weighted by Crippen LogP contribution is -2.30. The van der Waals surface area contributed by atoms with Gasteiger partial charge in [0.2, 0.25) is 0 Å². The number of nitrogens with zero attached hydrogens (tertiary/aromatic N) is 2. The summed E-state index contributed by atoms with van der Waals surface area (Å²) in [6.07, 6.45) is 3.59. The molecule has 7 heteroatoms. The normalized spacial score (nSPS) is 17.0. The molecule has 2 N–H and O–H groups in total. The van der Waals surface area contributed by atoms with Gasteiger partial charge in [0.1, 0.15) is 0 Å². The highest BCUT2D eigenvalue weighted by molar-refractivity contribution is 5.94. The molecule has 1 aliphatic carbocycles. The second kappa shape index (κ2) is 6.48. The van der Waals surface area contributed by atoms with Crippen molar-refractivity contribution in [2.24, 2.45) is 5.92 Å². The summed E-state index contributed by atoms with van der Waals surface area (Å²) in [5.74, 6) is 0.177. The molecule has 0 aromatic carbocycles. The molecule has 2 aliphatic rings. The highest BCUT2D eigenvalue weighted by Gasteiger charge is 2.28. The Morgan fingerprint density at radius 2 is 2.27 bits per heavy atom. The molecule has 0 radical (unpaired) electrons. The van der Waals surface area contributed by atoms with Crippen molar-refractivity contribution >= 4 is 11.9 Å². The van der Waals surface area contributed by atoms with E-state index in [1.807, 2.05) is 4.68 Å². The fourth-order valence-electron chi connectivity index (χ4n) is 2.76. The van der Waals surface area contributed by atoms with Crippen LogP contribution < -0.4 is 10.6 Å². The first-order valence-corrected chi connectivity index (χ1v) is 7.83. The van der Waals surface area contributed by atoms with Crippen LogP contribution in [0.15, 0.2) is 0 Å². The minimum absolute atomic E-state index is 0.172. The van der Waals surface area contributed by atoms with Crippen molar-refractivity contribution in [1.82, 2.24) is 20.4 Å². The summed E-state index contributed by atoms with van der Waals surface area (Å²) in [6.45, 7) is 2.79. The Kier molecular flexibility index (Phi) is 4.42. The van der Waals surface area contributed by atoms with Crippen LogP contribution in [0.4, 0.5) is 0 Å². The lowest BCUT2D eigenvalue weighted by atomic mass is 10.1. The van der Waals surface area contributed by atoms with Gasteiger partial charge in [-0.3, -0.25) is 14.3 Å². The molecule has 7 nitrogen and oxygen atoms in total. The van der Waals surface area contributed by atoms with Gasteiger partial charge in [0.25, 0.3) is 5.91 Å². The Labute approximate surface area is 129 Å². The number of nitrogens with one attached hydrogen (secondary N) is 2. The van der Waals surface area contributed by atoms with E-state index >= 15 is 0 Å². The third kappa shape index (κ3) is 3.30. The van der Waals surface area contributed by atoms with Crippen LogP contribution in [-0.4, -0.2) is 41.9 Å². The molecule has 0 saturated heterocycles. The van der Waals surface area contributed by atoms with E-state index < -0.39 is 0 Å². The third-order valence-corrected chi connectivity index (χ3v) is 4.19. The molecule has 1 saturated carbocycles. The summed E-state index contributed by atoms with van der Waals surface area (Å²) < 4.78 is 6.58. The van der Waals surface area contributed by atoms with Gasteiger partial charge in [-0.1, -0.05) is 0 Å². The van der Waals surface area contributed by atoms with Crippen LogP contribution in [0.1, 0.15) is 41.0 Å². The molecule has 22 heavy (non-hydrogen) atoms. The van der Waals surface area contributed by atoms with Crippen LogP contribution in [-0.2, 0) is 29.0 Å². The molecular weight excluding hydrogens is 284 g/mol. The van der Waals surface area contributed by atoms with Crippen molar-refractivity contribution < 1.29 is 14.3 Å². The Balaban J connectivity index is 1.70. The highest BCUT2D eigenvalue weighted by atomic mass is 16.5. The van der Waals surface area contributed by atoms with Gasteiger partial charge < -0.3 is 15.4 Å². The van der Waals surface area contributed by atoms with Gasteiger partial charge in [0.05, 0.1) is 13.5 Å². The number of hydrogen-bond acceptors (Lipinski definition) is 5. The minimum Gasteiger partial charge on any atom is -0.469 e. The molecule has 2 heterocycles. The summed E-state index contributed by atoms with van der Waals surface area (Å²) in [5.41, 5.74) is 2.68. The quantitative estimate of drug-likeness (QED) is 0.735. The SMILES string of the molecule is COC(=O)CCNC(=O)c1nn(CC2CC2)c2c1CNCC2. The van der Waals surface area contributed by atoms with E-state index in [1.165, 1.54) is 25.6 Å². The minimum atomic E-state index is -0.330. The standard InChI is InChI=1S/C15H22N4O3/c1-22-13(20)5-7-17-15(21)14-11-8-16-6-4-12(11)19(18-14)9-10-2-3-10/h10,16H,2-9H2,1H3,(H,17,21). The number of carbonyl (C=O) groups is 2. The fraction of sp³-hybridized carbons (Fsp3) is 0.667. The Hall–Kier alpha value is -1.89. The molecule has 1 amide bonds. The first kappa shape index (κ1) is 15.0. The van der Waals surface area contributed by atoms with E-state index in [0.717, 1.165) is 25.1 Å². The molecule has 0 atom stereocenters. The molecular formula is C15H22N4O3. The molecule has 1 fully saturated rings. The molecule has 3 rings (SSSR count). The summed E-state index contributed by atoms with van der Waals surface area (Å²) >= 11 is 0. The molecule has 0 spiro atoms.